The highest BCUT2D eigenvalue weighted by atomic mass is 16.3. The van der Waals surface area contributed by atoms with Gasteiger partial charge in [0.15, 0.2) is 5.78 Å². The van der Waals surface area contributed by atoms with E-state index in [0.717, 1.165) is 0 Å². The summed E-state index contributed by atoms with van der Waals surface area (Å²) in [6.45, 7) is 8.96. The SMILES string of the molecule is CC(C)(O)CCC(O)[C@@](C)(O)[C@H]1CCC2(O)C3=CC(=O)C4C[C@@H](O)[C@@H](O)C[C@]4(C)[C@H]3CC[C@]12C. The first-order valence-electron chi connectivity index (χ1n) is 12.9. The molecule has 194 valence electrons. The van der Waals surface area contributed by atoms with Crippen LogP contribution in [0.5, 0.6) is 0 Å². The van der Waals surface area contributed by atoms with Crippen LogP contribution in [0.15, 0.2) is 11.6 Å². The lowest BCUT2D eigenvalue weighted by atomic mass is 9.45. The van der Waals surface area contributed by atoms with Gasteiger partial charge in [0.1, 0.15) is 0 Å². The molecule has 0 radical (unpaired) electrons. The van der Waals surface area contributed by atoms with Crippen LogP contribution >= 0.6 is 0 Å². The summed E-state index contributed by atoms with van der Waals surface area (Å²) in [6, 6.07) is 0. The van der Waals surface area contributed by atoms with Crippen LogP contribution in [0.3, 0.4) is 0 Å². The van der Waals surface area contributed by atoms with Gasteiger partial charge >= 0.3 is 0 Å². The van der Waals surface area contributed by atoms with Crippen molar-refractivity contribution in [2.24, 2.45) is 28.6 Å². The molecule has 7 heteroatoms. The predicted molar refractivity (Wildman–Crippen MR) is 127 cm³/mol. The van der Waals surface area contributed by atoms with E-state index in [9.17, 15) is 35.4 Å². The van der Waals surface area contributed by atoms with Crippen LogP contribution in [0.25, 0.3) is 0 Å². The fraction of sp³-hybridized carbons (Fsp3) is 0.889. The lowest BCUT2D eigenvalue weighted by Crippen LogP contribution is -2.62. The Balaban J connectivity index is 1.66. The third kappa shape index (κ3) is 3.73. The van der Waals surface area contributed by atoms with Gasteiger partial charge < -0.3 is 30.6 Å². The van der Waals surface area contributed by atoms with Crippen molar-refractivity contribution in [1.82, 2.24) is 0 Å². The van der Waals surface area contributed by atoms with E-state index in [0.29, 0.717) is 44.1 Å². The summed E-state index contributed by atoms with van der Waals surface area (Å²) < 4.78 is 0. The van der Waals surface area contributed by atoms with E-state index in [1.54, 1.807) is 26.8 Å². The zero-order valence-electron chi connectivity index (χ0n) is 21.3. The maximum absolute atomic E-state index is 13.2. The maximum atomic E-state index is 13.2. The lowest BCUT2D eigenvalue weighted by Gasteiger charge is -2.60. The van der Waals surface area contributed by atoms with Crippen molar-refractivity contribution in [3.63, 3.8) is 0 Å². The molecular formula is C27H44O7. The smallest absolute Gasteiger partial charge is 0.159 e. The van der Waals surface area contributed by atoms with Crippen LogP contribution in [0.4, 0.5) is 0 Å². The minimum atomic E-state index is -1.46. The van der Waals surface area contributed by atoms with E-state index < -0.39 is 45.9 Å². The second-order valence-corrected chi connectivity index (χ2v) is 13.2. The summed E-state index contributed by atoms with van der Waals surface area (Å²) in [6.07, 6.45) is 2.11. The average Bonchev–Trinajstić information content (AvgIpc) is 3.00. The van der Waals surface area contributed by atoms with E-state index in [1.165, 1.54) is 0 Å². The highest BCUT2D eigenvalue weighted by molar-refractivity contribution is 5.95. The highest BCUT2D eigenvalue weighted by Crippen LogP contribution is 2.68. The number of rotatable bonds is 5. The topological polar surface area (TPSA) is 138 Å². The third-order valence-corrected chi connectivity index (χ3v) is 10.5. The molecule has 0 bridgehead atoms. The minimum Gasteiger partial charge on any atom is -0.390 e. The molecule has 3 fully saturated rings. The number of hydrogen-bond donors (Lipinski definition) is 6. The van der Waals surface area contributed by atoms with Gasteiger partial charge in [0, 0.05) is 11.3 Å². The normalized spacial score (nSPS) is 47.2. The molecule has 4 aliphatic carbocycles. The number of carbonyl (C=O) groups excluding carboxylic acids is 1. The average molecular weight is 481 g/mol. The molecule has 0 aliphatic heterocycles. The molecule has 3 saturated carbocycles. The highest BCUT2D eigenvalue weighted by Gasteiger charge is 2.69. The molecule has 0 saturated heterocycles. The van der Waals surface area contributed by atoms with Gasteiger partial charge in [-0.1, -0.05) is 13.8 Å². The Kier molecular flexibility index (Phi) is 6.24. The predicted octanol–water partition coefficient (Wildman–Crippen LogP) is 1.85. The van der Waals surface area contributed by atoms with E-state index in [4.69, 9.17) is 0 Å². The molecule has 0 heterocycles. The maximum Gasteiger partial charge on any atom is 0.159 e. The number of hydrogen-bond acceptors (Lipinski definition) is 7. The summed E-state index contributed by atoms with van der Waals surface area (Å²) >= 11 is 0. The van der Waals surface area contributed by atoms with Gasteiger partial charge in [-0.2, -0.15) is 0 Å². The Morgan fingerprint density at radius 1 is 1.06 bits per heavy atom. The Morgan fingerprint density at radius 2 is 1.71 bits per heavy atom. The molecule has 0 aromatic rings. The molecule has 0 amide bonds. The van der Waals surface area contributed by atoms with E-state index in [1.807, 2.05) is 13.8 Å². The molecule has 10 atom stereocenters. The Morgan fingerprint density at radius 3 is 2.32 bits per heavy atom. The number of fused-ring (bicyclic) bond motifs is 5. The Hall–Kier alpha value is -0.830. The summed E-state index contributed by atoms with van der Waals surface area (Å²) in [5, 5.41) is 65.5. The molecule has 7 nitrogen and oxygen atoms in total. The van der Waals surface area contributed by atoms with Crippen molar-refractivity contribution in [1.29, 1.82) is 0 Å². The van der Waals surface area contributed by atoms with Gasteiger partial charge in [0.05, 0.1) is 35.1 Å². The standard InChI is InChI=1S/C27H44O7/c1-23(2,32)9-8-22(31)26(5,33)21-7-11-27(34)16-12-18(28)17-13-19(29)20(30)14-24(17,3)15(16)6-10-25(21,27)4/h12,15,17,19-22,29-34H,6-11,13-14H2,1-5H3/t15-,17?,19+,20-,21-,22?,24+,25+,26-,27?/m0/s1. The Labute approximate surface area is 202 Å². The van der Waals surface area contributed by atoms with Crippen molar-refractivity contribution in [2.45, 2.75) is 121 Å². The van der Waals surface area contributed by atoms with Crippen molar-refractivity contribution in [3.8, 4) is 0 Å². The second kappa shape index (κ2) is 8.09. The molecule has 3 unspecified atom stereocenters. The minimum absolute atomic E-state index is 0.0840. The lowest BCUT2D eigenvalue weighted by molar-refractivity contribution is -0.177. The van der Waals surface area contributed by atoms with E-state index in [2.05, 4.69) is 0 Å². The van der Waals surface area contributed by atoms with Crippen LogP contribution in [0.1, 0.15) is 86.0 Å². The zero-order valence-corrected chi connectivity index (χ0v) is 21.3. The number of aliphatic hydroxyl groups excluding tert-OH is 3. The summed E-state index contributed by atoms with van der Waals surface area (Å²) in [4.78, 5) is 13.2. The monoisotopic (exact) mass is 480 g/mol. The molecule has 34 heavy (non-hydrogen) atoms. The molecule has 0 spiro atoms. The summed E-state index contributed by atoms with van der Waals surface area (Å²) in [5.74, 6) is -0.948. The van der Waals surface area contributed by atoms with Crippen molar-refractivity contribution < 1.29 is 35.4 Å². The van der Waals surface area contributed by atoms with Gasteiger partial charge in [-0.05, 0) is 101 Å². The number of ketones is 1. The largest absolute Gasteiger partial charge is 0.390 e. The van der Waals surface area contributed by atoms with Gasteiger partial charge in [0.2, 0.25) is 0 Å². The van der Waals surface area contributed by atoms with Crippen LogP contribution in [0.2, 0.25) is 0 Å². The van der Waals surface area contributed by atoms with Gasteiger partial charge in [-0.3, -0.25) is 4.79 Å². The molecule has 4 aliphatic rings. The molecule has 4 rings (SSSR count). The van der Waals surface area contributed by atoms with E-state index >= 15 is 0 Å². The molecular weight excluding hydrogens is 436 g/mol. The van der Waals surface area contributed by atoms with Crippen molar-refractivity contribution in [3.05, 3.63) is 11.6 Å². The third-order valence-electron chi connectivity index (χ3n) is 10.5. The van der Waals surface area contributed by atoms with Crippen LogP contribution < -0.4 is 0 Å². The Bertz CT molecular complexity index is 860. The second-order valence-electron chi connectivity index (χ2n) is 13.2. The van der Waals surface area contributed by atoms with Crippen LogP contribution in [0, 0.1) is 28.6 Å². The van der Waals surface area contributed by atoms with Crippen LogP contribution in [-0.4, -0.2) is 71.5 Å². The number of allylic oxidation sites excluding steroid dienone is 1. The molecule has 0 aromatic carbocycles. The zero-order chi connectivity index (χ0) is 25.5. The first kappa shape index (κ1) is 26.2. The van der Waals surface area contributed by atoms with E-state index in [-0.39, 0.29) is 36.4 Å². The summed E-state index contributed by atoms with van der Waals surface area (Å²) in [7, 11) is 0. The molecule has 0 aromatic heterocycles. The van der Waals surface area contributed by atoms with Crippen molar-refractivity contribution in [2.75, 3.05) is 0 Å². The number of carbonyl (C=O) groups is 1. The fourth-order valence-corrected chi connectivity index (χ4v) is 8.32. The first-order chi connectivity index (χ1) is 15.5. The summed E-state index contributed by atoms with van der Waals surface area (Å²) in [5.41, 5.74) is -4.27. The first-order valence-corrected chi connectivity index (χ1v) is 12.9. The molecule has 6 N–H and O–H groups in total. The number of aliphatic hydroxyl groups is 6. The van der Waals surface area contributed by atoms with Gasteiger partial charge in [0.25, 0.3) is 0 Å². The van der Waals surface area contributed by atoms with Gasteiger partial charge in [-0.15, -0.1) is 0 Å². The quantitative estimate of drug-likeness (QED) is 0.353. The van der Waals surface area contributed by atoms with Crippen molar-refractivity contribution >= 4 is 5.78 Å². The fourth-order valence-electron chi connectivity index (χ4n) is 8.32. The van der Waals surface area contributed by atoms with Gasteiger partial charge in [-0.25, -0.2) is 0 Å². The van der Waals surface area contributed by atoms with Crippen LogP contribution in [-0.2, 0) is 4.79 Å².